The Bertz CT molecular complexity index is 501. The lowest BCUT2D eigenvalue weighted by molar-refractivity contribution is -0.0317. The normalized spacial score (nSPS) is 19.3. The topological polar surface area (TPSA) is 50.8 Å². The Balaban J connectivity index is 1.87. The van der Waals surface area contributed by atoms with Crippen LogP contribution in [0.3, 0.4) is 0 Å². The van der Waals surface area contributed by atoms with Gasteiger partial charge in [-0.3, -0.25) is 4.90 Å². The van der Waals surface area contributed by atoms with Crippen molar-refractivity contribution in [1.29, 1.82) is 0 Å². The third kappa shape index (κ3) is 5.22. The van der Waals surface area contributed by atoms with Crippen molar-refractivity contribution < 1.29 is 14.3 Å². The maximum atomic E-state index is 12.3. The number of nitrogens with one attached hydrogen (secondary N) is 1. The lowest BCUT2D eigenvalue weighted by Crippen LogP contribution is -2.53. The van der Waals surface area contributed by atoms with E-state index in [1.165, 1.54) is 4.88 Å². The molecule has 0 bridgehead atoms. The van der Waals surface area contributed by atoms with E-state index in [1.807, 2.05) is 26.8 Å². The number of rotatable bonds is 4. The molecular formula is C15H23BrN2O3S. The van der Waals surface area contributed by atoms with Crippen molar-refractivity contribution in [3.63, 3.8) is 0 Å². The Morgan fingerprint density at radius 3 is 3.00 bits per heavy atom. The Morgan fingerprint density at radius 1 is 1.59 bits per heavy atom. The van der Waals surface area contributed by atoms with E-state index in [-0.39, 0.29) is 12.1 Å². The first-order chi connectivity index (χ1) is 10.4. The molecule has 0 aromatic carbocycles. The summed E-state index contributed by atoms with van der Waals surface area (Å²) in [6.45, 7) is 8.78. The van der Waals surface area contributed by atoms with Gasteiger partial charge in [0.05, 0.1) is 19.3 Å². The van der Waals surface area contributed by atoms with Crippen molar-refractivity contribution in [1.82, 2.24) is 10.2 Å². The molecule has 1 saturated heterocycles. The van der Waals surface area contributed by atoms with Crippen molar-refractivity contribution in [3.8, 4) is 0 Å². The molecule has 0 radical (unpaired) electrons. The number of nitrogens with zero attached hydrogens (tertiary/aromatic N) is 1. The molecule has 0 aliphatic carbocycles. The number of carbonyl (C=O) groups excluding carboxylic acids is 1. The first-order valence-corrected chi connectivity index (χ1v) is 9.04. The third-order valence-corrected chi connectivity index (χ3v) is 5.14. The molecule has 0 saturated carbocycles. The first-order valence-electron chi connectivity index (χ1n) is 7.37. The zero-order valence-corrected chi connectivity index (χ0v) is 15.6. The van der Waals surface area contributed by atoms with Gasteiger partial charge in [-0.15, -0.1) is 11.3 Å². The molecule has 2 heterocycles. The highest BCUT2D eigenvalue weighted by molar-refractivity contribution is 9.10. The van der Waals surface area contributed by atoms with Crippen LogP contribution in [-0.2, 0) is 16.0 Å². The van der Waals surface area contributed by atoms with Crippen LogP contribution in [0.4, 0.5) is 4.79 Å². The predicted octanol–water partition coefficient (Wildman–Crippen LogP) is 3.24. The average molecular weight is 391 g/mol. The van der Waals surface area contributed by atoms with Gasteiger partial charge in [-0.2, -0.15) is 0 Å². The summed E-state index contributed by atoms with van der Waals surface area (Å²) in [5.41, 5.74) is -0.477. The van der Waals surface area contributed by atoms with E-state index < -0.39 is 5.60 Å². The number of amides is 1. The number of morpholine rings is 1. The molecule has 1 aliphatic heterocycles. The zero-order chi connectivity index (χ0) is 16.2. The molecule has 1 atom stereocenters. The molecule has 22 heavy (non-hydrogen) atoms. The van der Waals surface area contributed by atoms with E-state index in [2.05, 4.69) is 26.6 Å². The lowest BCUT2D eigenvalue weighted by Gasteiger charge is -2.36. The molecule has 1 fully saturated rings. The fraction of sp³-hybridized carbons (Fsp3) is 0.667. The fourth-order valence-corrected chi connectivity index (χ4v) is 3.65. The number of hydrogen-bond acceptors (Lipinski definition) is 5. The van der Waals surface area contributed by atoms with Crippen LogP contribution in [0.15, 0.2) is 15.9 Å². The summed E-state index contributed by atoms with van der Waals surface area (Å²) >= 11 is 5.23. The maximum Gasteiger partial charge on any atom is 0.410 e. The standard InChI is InChI=1S/C15H23BrN2O3S/c1-15(2,3)21-14(19)18-5-6-20-10-11(18)8-17-9-13-12(16)4-7-22-13/h4,7,11,17H,5-6,8-10H2,1-3H3. The van der Waals surface area contributed by atoms with Gasteiger partial charge in [-0.25, -0.2) is 4.79 Å². The van der Waals surface area contributed by atoms with Gasteiger partial charge in [0.15, 0.2) is 0 Å². The van der Waals surface area contributed by atoms with Crippen LogP contribution in [0.1, 0.15) is 25.6 Å². The lowest BCUT2D eigenvalue weighted by atomic mass is 10.2. The van der Waals surface area contributed by atoms with Gasteiger partial charge in [0, 0.05) is 29.0 Å². The van der Waals surface area contributed by atoms with E-state index >= 15 is 0 Å². The summed E-state index contributed by atoms with van der Waals surface area (Å²) in [6, 6.07) is 2.04. The minimum atomic E-state index is -0.477. The average Bonchev–Trinajstić information content (AvgIpc) is 2.83. The van der Waals surface area contributed by atoms with Crippen molar-refractivity contribution in [3.05, 3.63) is 20.8 Å². The van der Waals surface area contributed by atoms with E-state index in [4.69, 9.17) is 9.47 Å². The predicted molar refractivity (Wildman–Crippen MR) is 91.3 cm³/mol. The summed E-state index contributed by atoms with van der Waals surface area (Å²) in [5.74, 6) is 0. The molecule has 2 rings (SSSR count). The van der Waals surface area contributed by atoms with Gasteiger partial charge in [0.2, 0.25) is 0 Å². The van der Waals surface area contributed by atoms with Gasteiger partial charge >= 0.3 is 6.09 Å². The van der Waals surface area contributed by atoms with Crippen LogP contribution in [0.2, 0.25) is 0 Å². The maximum absolute atomic E-state index is 12.3. The summed E-state index contributed by atoms with van der Waals surface area (Å²) in [4.78, 5) is 15.3. The SMILES string of the molecule is CC(C)(C)OC(=O)N1CCOCC1CNCc1sccc1Br. The summed E-state index contributed by atoms with van der Waals surface area (Å²) < 4.78 is 12.1. The largest absolute Gasteiger partial charge is 0.444 e. The van der Waals surface area contributed by atoms with E-state index in [0.29, 0.717) is 26.3 Å². The zero-order valence-electron chi connectivity index (χ0n) is 13.2. The number of thiophene rings is 1. The molecule has 1 amide bonds. The molecule has 124 valence electrons. The Morgan fingerprint density at radius 2 is 2.36 bits per heavy atom. The van der Waals surface area contributed by atoms with Gasteiger partial charge < -0.3 is 14.8 Å². The number of carbonyl (C=O) groups is 1. The van der Waals surface area contributed by atoms with Gasteiger partial charge in [0.25, 0.3) is 0 Å². The highest BCUT2D eigenvalue weighted by Gasteiger charge is 2.30. The van der Waals surface area contributed by atoms with Crippen molar-refractivity contribution in [2.45, 2.75) is 39.0 Å². The van der Waals surface area contributed by atoms with Crippen molar-refractivity contribution >= 4 is 33.4 Å². The molecule has 1 unspecified atom stereocenters. The molecule has 7 heteroatoms. The second-order valence-corrected chi connectivity index (χ2v) is 8.08. The summed E-state index contributed by atoms with van der Waals surface area (Å²) in [6.07, 6.45) is -0.264. The Kier molecular flexibility index (Phi) is 6.26. The molecule has 1 aromatic heterocycles. The van der Waals surface area contributed by atoms with Crippen LogP contribution < -0.4 is 5.32 Å². The van der Waals surface area contributed by atoms with Gasteiger partial charge in [0.1, 0.15) is 5.60 Å². The quantitative estimate of drug-likeness (QED) is 0.856. The number of ether oxygens (including phenoxy) is 2. The fourth-order valence-electron chi connectivity index (χ4n) is 2.19. The molecule has 0 spiro atoms. The third-order valence-electron chi connectivity index (χ3n) is 3.21. The van der Waals surface area contributed by atoms with Crippen molar-refractivity contribution in [2.75, 3.05) is 26.3 Å². The summed E-state index contributed by atoms with van der Waals surface area (Å²) in [5, 5.41) is 5.45. The van der Waals surface area contributed by atoms with E-state index in [0.717, 1.165) is 11.0 Å². The minimum Gasteiger partial charge on any atom is -0.444 e. The van der Waals surface area contributed by atoms with Crippen LogP contribution in [0.5, 0.6) is 0 Å². The molecular weight excluding hydrogens is 368 g/mol. The monoisotopic (exact) mass is 390 g/mol. The highest BCUT2D eigenvalue weighted by atomic mass is 79.9. The summed E-state index contributed by atoms with van der Waals surface area (Å²) in [7, 11) is 0. The van der Waals surface area contributed by atoms with Gasteiger partial charge in [-0.1, -0.05) is 0 Å². The molecule has 1 aliphatic rings. The Labute approximate surface area is 144 Å². The van der Waals surface area contributed by atoms with E-state index in [1.54, 1.807) is 16.2 Å². The number of hydrogen-bond donors (Lipinski definition) is 1. The number of halogens is 1. The second kappa shape index (κ2) is 7.77. The molecule has 1 aromatic rings. The Hall–Kier alpha value is -0.630. The van der Waals surface area contributed by atoms with Crippen LogP contribution >= 0.6 is 27.3 Å². The smallest absolute Gasteiger partial charge is 0.410 e. The molecule has 5 nitrogen and oxygen atoms in total. The van der Waals surface area contributed by atoms with Crippen LogP contribution in [0.25, 0.3) is 0 Å². The minimum absolute atomic E-state index is 0.00216. The first kappa shape index (κ1) is 17.7. The van der Waals surface area contributed by atoms with Crippen molar-refractivity contribution in [2.24, 2.45) is 0 Å². The van der Waals surface area contributed by atoms with Gasteiger partial charge in [-0.05, 0) is 48.1 Å². The van der Waals surface area contributed by atoms with Crippen LogP contribution in [0, 0.1) is 0 Å². The van der Waals surface area contributed by atoms with E-state index in [9.17, 15) is 4.79 Å². The molecule has 1 N–H and O–H groups in total. The highest BCUT2D eigenvalue weighted by Crippen LogP contribution is 2.22. The van der Waals surface area contributed by atoms with Crippen LogP contribution in [-0.4, -0.2) is 48.9 Å². The second-order valence-electron chi connectivity index (χ2n) is 6.23.